The molecule has 0 radical (unpaired) electrons. The minimum Gasteiger partial charge on any atom is -0.462 e. The van der Waals surface area contributed by atoms with E-state index in [1.165, 1.54) is 6.07 Å². The lowest BCUT2D eigenvalue weighted by Crippen LogP contribution is -2.12. The number of esters is 2. The Balaban J connectivity index is 2.43. The normalized spacial score (nSPS) is 17.5. The van der Waals surface area contributed by atoms with E-state index >= 15 is 0 Å². The van der Waals surface area contributed by atoms with Gasteiger partial charge in [-0.05, 0) is 43.9 Å². The van der Waals surface area contributed by atoms with Gasteiger partial charge in [-0.3, -0.25) is 4.55 Å². The summed E-state index contributed by atoms with van der Waals surface area (Å²) < 4.78 is 41.7. The number of carbonyl (C=O) groups is 2. The molecule has 1 aliphatic rings. The monoisotopic (exact) mass is 328 g/mol. The molecule has 0 unspecified atom stereocenters. The Hall–Kier alpha value is -1.93. The summed E-state index contributed by atoms with van der Waals surface area (Å²) in [6, 6.07) is 3.12. The first-order valence-corrected chi connectivity index (χ1v) is 8.29. The molecule has 7 nitrogen and oxygen atoms in total. The van der Waals surface area contributed by atoms with Crippen molar-refractivity contribution in [2.24, 2.45) is 0 Å². The van der Waals surface area contributed by atoms with Gasteiger partial charge in [-0.25, -0.2) is 9.59 Å². The van der Waals surface area contributed by atoms with Crippen molar-refractivity contribution in [2.75, 3.05) is 13.2 Å². The SMILES string of the molecule is O=C1OCCCCCCOC(=O)c2cc1cc(S(=O)(=O)O)c2. The smallest absolute Gasteiger partial charge is 0.338 e. The summed E-state index contributed by atoms with van der Waals surface area (Å²) in [5.41, 5.74) is -0.248. The van der Waals surface area contributed by atoms with Crippen LogP contribution in [0.5, 0.6) is 0 Å². The van der Waals surface area contributed by atoms with Crippen LogP contribution in [0.4, 0.5) is 0 Å². The minimum atomic E-state index is -4.56. The van der Waals surface area contributed by atoms with Crippen LogP contribution >= 0.6 is 0 Å². The van der Waals surface area contributed by atoms with Gasteiger partial charge in [0.05, 0.1) is 29.2 Å². The number of hydrogen-bond acceptors (Lipinski definition) is 6. The van der Waals surface area contributed by atoms with Gasteiger partial charge in [0.25, 0.3) is 10.1 Å². The van der Waals surface area contributed by atoms with Crippen LogP contribution in [0.2, 0.25) is 0 Å². The summed E-state index contributed by atoms with van der Waals surface area (Å²) >= 11 is 0. The maximum absolute atomic E-state index is 11.9. The third-order valence-electron chi connectivity index (χ3n) is 3.18. The summed E-state index contributed by atoms with van der Waals surface area (Å²) in [5, 5.41) is 0. The van der Waals surface area contributed by atoms with Gasteiger partial charge >= 0.3 is 11.9 Å². The van der Waals surface area contributed by atoms with Crippen LogP contribution in [0.15, 0.2) is 23.1 Å². The van der Waals surface area contributed by atoms with Crippen molar-refractivity contribution >= 4 is 22.1 Å². The van der Waals surface area contributed by atoms with Crippen molar-refractivity contribution in [3.8, 4) is 0 Å². The zero-order chi connectivity index (χ0) is 16.2. The molecule has 120 valence electrons. The van der Waals surface area contributed by atoms with E-state index in [9.17, 15) is 18.0 Å². The van der Waals surface area contributed by atoms with Gasteiger partial charge in [0.1, 0.15) is 0 Å². The van der Waals surface area contributed by atoms with E-state index in [1.54, 1.807) is 0 Å². The molecule has 0 fully saturated rings. The number of cyclic esters (lactones) is 2. The van der Waals surface area contributed by atoms with Crippen LogP contribution in [0, 0.1) is 0 Å². The highest BCUT2D eigenvalue weighted by atomic mass is 32.2. The van der Waals surface area contributed by atoms with Gasteiger partial charge < -0.3 is 9.47 Å². The summed E-state index contributed by atoms with van der Waals surface area (Å²) in [6.07, 6.45) is 3.01. The van der Waals surface area contributed by atoms with Gasteiger partial charge in [0, 0.05) is 0 Å². The van der Waals surface area contributed by atoms with Crippen LogP contribution in [0.1, 0.15) is 46.4 Å². The molecule has 1 aromatic rings. The Morgan fingerprint density at radius 1 is 0.818 bits per heavy atom. The number of carbonyl (C=O) groups excluding carboxylic acids is 2. The number of hydrogen-bond donors (Lipinski definition) is 1. The van der Waals surface area contributed by atoms with E-state index in [4.69, 9.17) is 14.0 Å². The van der Waals surface area contributed by atoms with Crippen LogP contribution in [-0.2, 0) is 19.6 Å². The number of ether oxygens (including phenoxy) is 2. The topological polar surface area (TPSA) is 107 Å². The lowest BCUT2D eigenvalue weighted by atomic mass is 10.1. The van der Waals surface area contributed by atoms with Gasteiger partial charge in [-0.15, -0.1) is 0 Å². The second kappa shape index (κ2) is 6.89. The van der Waals surface area contributed by atoms with Crippen molar-refractivity contribution < 1.29 is 32.0 Å². The zero-order valence-electron chi connectivity index (χ0n) is 11.8. The van der Waals surface area contributed by atoms with E-state index in [2.05, 4.69) is 0 Å². The predicted octanol–water partition coefficient (Wildman–Crippen LogP) is 1.82. The first-order valence-electron chi connectivity index (χ1n) is 6.85. The highest BCUT2D eigenvalue weighted by molar-refractivity contribution is 7.85. The van der Waals surface area contributed by atoms with Gasteiger partial charge in [-0.2, -0.15) is 8.42 Å². The Morgan fingerprint density at radius 3 is 1.68 bits per heavy atom. The average Bonchev–Trinajstić information content (AvgIpc) is 2.48. The van der Waals surface area contributed by atoms with Crippen molar-refractivity contribution in [2.45, 2.75) is 30.6 Å². The van der Waals surface area contributed by atoms with Crippen molar-refractivity contribution in [3.05, 3.63) is 29.3 Å². The molecule has 1 aromatic carbocycles. The largest absolute Gasteiger partial charge is 0.462 e. The molecule has 1 heterocycles. The van der Waals surface area contributed by atoms with E-state index < -0.39 is 27.0 Å². The Kier molecular flexibility index (Phi) is 5.15. The molecule has 2 bridgehead atoms. The highest BCUT2D eigenvalue weighted by Gasteiger charge is 2.20. The maximum atomic E-state index is 11.9. The molecule has 0 aromatic heterocycles. The van der Waals surface area contributed by atoms with E-state index in [1.807, 2.05) is 0 Å². The Labute approximate surface area is 128 Å². The lowest BCUT2D eigenvalue weighted by molar-refractivity contribution is 0.0484. The summed E-state index contributed by atoms with van der Waals surface area (Å²) in [6.45, 7) is 0.415. The van der Waals surface area contributed by atoms with Crippen LogP contribution in [0.3, 0.4) is 0 Å². The highest BCUT2D eigenvalue weighted by Crippen LogP contribution is 2.18. The molecule has 0 amide bonds. The first kappa shape index (κ1) is 16.4. The number of rotatable bonds is 1. The molecule has 1 aliphatic heterocycles. The molecule has 0 atom stereocenters. The fourth-order valence-electron chi connectivity index (χ4n) is 2.04. The summed E-state index contributed by atoms with van der Waals surface area (Å²) in [4.78, 5) is 23.3. The van der Waals surface area contributed by atoms with Crippen molar-refractivity contribution in [1.29, 1.82) is 0 Å². The van der Waals surface area contributed by atoms with E-state index in [0.29, 0.717) is 12.8 Å². The fourth-order valence-corrected chi connectivity index (χ4v) is 2.59. The second-order valence-corrected chi connectivity index (χ2v) is 6.33. The molecule has 0 aliphatic carbocycles. The third-order valence-corrected chi connectivity index (χ3v) is 4.01. The molecule has 2 rings (SSSR count). The molecular weight excluding hydrogens is 312 g/mol. The van der Waals surface area contributed by atoms with Crippen LogP contribution < -0.4 is 0 Å². The summed E-state index contributed by atoms with van der Waals surface area (Å²) in [5.74, 6) is -1.50. The molecular formula is C14H16O7S. The maximum Gasteiger partial charge on any atom is 0.338 e. The minimum absolute atomic E-state index is 0.124. The molecule has 22 heavy (non-hydrogen) atoms. The number of fused-ring (bicyclic) bond motifs is 2. The Bertz CT molecular complexity index is 638. The van der Waals surface area contributed by atoms with Gasteiger partial charge in [0.2, 0.25) is 0 Å². The number of benzene rings is 1. The third kappa shape index (κ3) is 4.28. The molecule has 8 heteroatoms. The standard InChI is InChI=1S/C14H16O7S/c15-13-10-7-11(9-12(8-10)22(17,18)19)14(16)21-6-4-2-1-3-5-20-13/h7-9H,1-6H2,(H,17,18,19). The summed E-state index contributed by atoms with van der Waals surface area (Å²) in [7, 11) is -4.56. The Morgan fingerprint density at radius 2 is 1.27 bits per heavy atom. The van der Waals surface area contributed by atoms with E-state index in [0.717, 1.165) is 25.0 Å². The van der Waals surface area contributed by atoms with Crippen molar-refractivity contribution in [1.82, 2.24) is 0 Å². The van der Waals surface area contributed by atoms with Gasteiger partial charge in [0.15, 0.2) is 0 Å². The zero-order valence-corrected chi connectivity index (χ0v) is 12.6. The van der Waals surface area contributed by atoms with Crippen molar-refractivity contribution in [3.63, 3.8) is 0 Å². The van der Waals surface area contributed by atoms with Crippen LogP contribution in [0.25, 0.3) is 0 Å². The molecule has 0 spiro atoms. The van der Waals surface area contributed by atoms with E-state index in [-0.39, 0.29) is 24.3 Å². The molecule has 0 saturated carbocycles. The van der Waals surface area contributed by atoms with Gasteiger partial charge in [-0.1, -0.05) is 0 Å². The fraction of sp³-hybridized carbons (Fsp3) is 0.429. The second-order valence-electron chi connectivity index (χ2n) is 4.91. The van der Waals surface area contributed by atoms with Crippen LogP contribution in [-0.4, -0.2) is 38.1 Å². The average molecular weight is 328 g/mol. The molecule has 1 N–H and O–H groups in total. The lowest BCUT2D eigenvalue weighted by Gasteiger charge is -2.08. The first-order chi connectivity index (χ1) is 10.4. The quantitative estimate of drug-likeness (QED) is 0.619. The molecule has 0 saturated heterocycles. The predicted molar refractivity (Wildman–Crippen MR) is 75.3 cm³/mol.